The number of nitrogens with one attached hydrogen (secondary N) is 1. The zero-order valence-corrected chi connectivity index (χ0v) is 23.1. The quantitative estimate of drug-likeness (QED) is 0.235. The van der Waals surface area contributed by atoms with Crippen LogP contribution in [0.1, 0.15) is 30.9 Å². The van der Waals surface area contributed by atoms with Crippen LogP contribution in [0.4, 0.5) is 0 Å². The van der Waals surface area contributed by atoms with E-state index in [-0.39, 0.29) is 24.8 Å². The summed E-state index contributed by atoms with van der Waals surface area (Å²) in [4.78, 5) is 29.6. The van der Waals surface area contributed by atoms with Gasteiger partial charge in [-0.15, -0.1) is 11.8 Å². The van der Waals surface area contributed by atoms with E-state index in [1.807, 2.05) is 67.6 Å². The molecule has 4 nitrogen and oxygen atoms in total. The summed E-state index contributed by atoms with van der Waals surface area (Å²) in [5.41, 5.74) is 1.79. The van der Waals surface area contributed by atoms with Gasteiger partial charge in [0.2, 0.25) is 11.8 Å². The fourth-order valence-electron chi connectivity index (χ4n) is 3.69. The first kappa shape index (κ1) is 28.4. The van der Waals surface area contributed by atoms with E-state index in [0.717, 1.165) is 22.4 Å². The van der Waals surface area contributed by atoms with Crippen molar-refractivity contribution in [2.75, 3.05) is 12.3 Å². The van der Waals surface area contributed by atoms with E-state index < -0.39 is 6.04 Å². The molecule has 3 rings (SSSR count). The minimum absolute atomic E-state index is 0.102. The number of rotatable bonds is 12. The molecule has 0 spiro atoms. The van der Waals surface area contributed by atoms with Crippen molar-refractivity contribution in [1.82, 2.24) is 10.2 Å². The lowest BCUT2D eigenvalue weighted by Crippen LogP contribution is -2.50. The maximum atomic E-state index is 13.6. The lowest BCUT2D eigenvalue weighted by atomic mass is 10.0. The highest BCUT2D eigenvalue weighted by atomic mass is 35.5. The van der Waals surface area contributed by atoms with Crippen molar-refractivity contribution in [1.29, 1.82) is 0 Å². The Hall–Kier alpha value is -2.18. The van der Waals surface area contributed by atoms with Crippen LogP contribution < -0.4 is 5.32 Å². The molecule has 0 saturated heterocycles. The summed E-state index contributed by atoms with van der Waals surface area (Å²) in [6.45, 7) is 2.79. The summed E-state index contributed by atoms with van der Waals surface area (Å²) in [6.07, 6.45) is 1.50. The standard InChI is InChI=1S/C28H29Cl3N2O2S/c1-2-15-32-28(35)26(18-20-6-4-3-5-7-20)33(19-21-8-13-24(30)25(31)17-21)27(34)14-16-36-23-11-9-22(29)10-12-23/h3-13,17,26H,2,14-16,18-19H2,1H3,(H,32,35)/t26-/m0/s1. The molecule has 1 N–H and O–H groups in total. The van der Waals surface area contributed by atoms with Gasteiger partial charge in [0.1, 0.15) is 6.04 Å². The number of thioether (sulfide) groups is 1. The number of halogens is 3. The van der Waals surface area contributed by atoms with E-state index in [1.165, 1.54) is 0 Å². The zero-order chi connectivity index (χ0) is 25.9. The summed E-state index contributed by atoms with van der Waals surface area (Å²) >= 11 is 19.9. The highest BCUT2D eigenvalue weighted by molar-refractivity contribution is 7.99. The molecule has 3 aromatic rings. The second-order valence-electron chi connectivity index (χ2n) is 8.32. The predicted molar refractivity (Wildman–Crippen MR) is 151 cm³/mol. The van der Waals surface area contributed by atoms with E-state index in [9.17, 15) is 9.59 Å². The smallest absolute Gasteiger partial charge is 0.243 e. The summed E-state index contributed by atoms with van der Waals surface area (Å²) in [7, 11) is 0. The molecular formula is C28H29Cl3N2O2S. The normalized spacial score (nSPS) is 11.7. The number of hydrogen-bond donors (Lipinski definition) is 1. The molecule has 8 heteroatoms. The topological polar surface area (TPSA) is 49.4 Å². The van der Waals surface area contributed by atoms with Gasteiger partial charge in [0, 0.05) is 41.6 Å². The Morgan fingerprint density at radius 2 is 1.64 bits per heavy atom. The van der Waals surface area contributed by atoms with Gasteiger partial charge in [-0.1, -0.05) is 78.1 Å². The molecule has 1 atom stereocenters. The molecule has 0 heterocycles. The summed E-state index contributed by atoms with van der Waals surface area (Å²) in [6, 6.07) is 21.9. The van der Waals surface area contributed by atoms with Gasteiger partial charge in [-0.2, -0.15) is 0 Å². The van der Waals surface area contributed by atoms with Crippen molar-refractivity contribution in [2.45, 2.75) is 43.7 Å². The van der Waals surface area contributed by atoms with Gasteiger partial charge in [0.15, 0.2) is 0 Å². The van der Waals surface area contributed by atoms with Gasteiger partial charge < -0.3 is 10.2 Å². The molecule has 0 fully saturated rings. The van der Waals surface area contributed by atoms with E-state index >= 15 is 0 Å². The van der Waals surface area contributed by atoms with Gasteiger partial charge in [0.05, 0.1) is 10.0 Å². The maximum absolute atomic E-state index is 13.6. The van der Waals surface area contributed by atoms with Gasteiger partial charge in [-0.05, 0) is 53.9 Å². The molecule has 2 amide bonds. The van der Waals surface area contributed by atoms with Crippen molar-refractivity contribution < 1.29 is 9.59 Å². The molecule has 0 aliphatic heterocycles. The first-order valence-electron chi connectivity index (χ1n) is 11.8. The SMILES string of the molecule is CCCNC(=O)[C@H](Cc1ccccc1)N(Cc1ccc(Cl)c(Cl)c1)C(=O)CCSc1ccc(Cl)cc1. The third kappa shape index (κ3) is 8.74. The van der Waals surface area contributed by atoms with Gasteiger partial charge >= 0.3 is 0 Å². The summed E-state index contributed by atoms with van der Waals surface area (Å²) < 4.78 is 0. The van der Waals surface area contributed by atoms with Gasteiger partial charge in [-0.3, -0.25) is 9.59 Å². The van der Waals surface area contributed by atoms with Crippen molar-refractivity contribution in [3.05, 3.63) is 99.0 Å². The fraction of sp³-hybridized carbons (Fsp3) is 0.286. The van der Waals surface area contributed by atoms with E-state index in [2.05, 4.69) is 5.32 Å². The Bertz CT molecular complexity index is 1140. The largest absolute Gasteiger partial charge is 0.354 e. The van der Waals surface area contributed by atoms with Gasteiger partial charge in [-0.25, -0.2) is 0 Å². The fourth-order valence-corrected chi connectivity index (χ4v) is 4.97. The number of carbonyl (C=O) groups is 2. The third-order valence-electron chi connectivity index (χ3n) is 5.56. The minimum atomic E-state index is -0.665. The Kier molecular flexibility index (Phi) is 11.5. The first-order valence-corrected chi connectivity index (χ1v) is 13.9. The molecule has 36 heavy (non-hydrogen) atoms. The number of nitrogens with zero attached hydrogens (tertiary/aromatic N) is 1. The Balaban J connectivity index is 1.84. The molecule has 190 valence electrons. The van der Waals surface area contributed by atoms with E-state index in [0.29, 0.717) is 33.8 Å². The third-order valence-corrected chi connectivity index (χ3v) is 7.56. The lowest BCUT2D eigenvalue weighted by Gasteiger charge is -2.31. The Labute approximate surface area is 232 Å². The Morgan fingerprint density at radius 1 is 0.917 bits per heavy atom. The molecule has 0 aliphatic carbocycles. The van der Waals surface area contributed by atoms with Crippen LogP contribution in [0.5, 0.6) is 0 Å². The van der Waals surface area contributed by atoms with Crippen LogP contribution in [0.3, 0.4) is 0 Å². The number of carbonyl (C=O) groups excluding carboxylic acids is 2. The summed E-state index contributed by atoms with van der Waals surface area (Å²) in [5.74, 6) is 0.307. The molecule has 0 radical (unpaired) electrons. The minimum Gasteiger partial charge on any atom is -0.354 e. The average Bonchev–Trinajstić information content (AvgIpc) is 2.88. The number of amides is 2. The highest BCUT2D eigenvalue weighted by Gasteiger charge is 2.30. The zero-order valence-electron chi connectivity index (χ0n) is 20.1. The van der Waals surface area contributed by atoms with E-state index in [4.69, 9.17) is 34.8 Å². The van der Waals surface area contributed by atoms with Crippen LogP contribution in [0.15, 0.2) is 77.7 Å². The van der Waals surface area contributed by atoms with Crippen LogP contribution in [0.2, 0.25) is 15.1 Å². The van der Waals surface area contributed by atoms with Gasteiger partial charge in [0.25, 0.3) is 0 Å². The molecule has 3 aromatic carbocycles. The monoisotopic (exact) mass is 562 g/mol. The second kappa shape index (κ2) is 14.5. The Morgan fingerprint density at radius 3 is 2.31 bits per heavy atom. The molecule has 0 saturated carbocycles. The van der Waals surface area contributed by atoms with Crippen LogP contribution in [0, 0.1) is 0 Å². The molecule has 0 bridgehead atoms. The van der Waals surface area contributed by atoms with Crippen molar-refractivity contribution >= 4 is 58.4 Å². The number of hydrogen-bond acceptors (Lipinski definition) is 3. The maximum Gasteiger partial charge on any atom is 0.243 e. The molecule has 0 aliphatic rings. The molecule has 0 aromatic heterocycles. The van der Waals surface area contributed by atoms with E-state index in [1.54, 1.807) is 28.8 Å². The first-order chi connectivity index (χ1) is 17.4. The molecular weight excluding hydrogens is 535 g/mol. The van der Waals surface area contributed by atoms with Crippen molar-refractivity contribution in [3.8, 4) is 0 Å². The lowest BCUT2D eigenvalue weighted by molar-refractivity contribution is -0.141. The highest BCUT2D eigenvalue weighted by Crippen LogP contribution is 2.26. The van der Waals surface area contributed by atoms with Crippen molar-refractivity contribution in [2.24, 2.45) is 0 Å². The van der Waals surface area contributed by atoms with Crippen LogP contribution in [-0.4, -0.2) is 35.1 Å². The number of benzene rings is 3. The van der Waals surface area contributed by atoms with Crippen molar-refractivity contribution in [3.63, 3.8) is 0 Å². The average molecular weight is 564 g/mol. The predicted octanol–water partition coefficient (Wildman–Crippen LogP) is 7.30. The summed E-state index contributed by atoms with van der Waals surface area (Å²) in [5, 5.41) is 4.51. The van der Waals surface area contributed by atoms with Crippen LogP contribution >= 0.6 is 46.6 Å². The van der Waals surface area contributed by atoms with Crippen LogP contribution in [-0.2, 0) is 22.6 Å². The second-order valence-corrected chi connectivity index (χ2v) is 10.7. The van der Waals surface area contributed by atoms with Crippen LogP contribution in [0.25, 0.3) is 0 Å². The molecule has 0 unspecified atom stereocenters.